The van der Waals surface area contributed by atoms with Crippen LogP contribution >= 0.6 is 0 Å². The summed E-state index contributed by atoms with van der Waals surface area (Å²) in [4.78, 5) is 25.4. The summed E-state index contributed by atoms with van der Waals surface area (Å²) in [5.74, 6) is 1.65. The van der Waals surface area contributed by atoms with Gasteiger partial charge in [0.1, 0.15) is 29.4 Å². The van der Waals surface area contributed by atoms with Crippen LogP contribution in [-0.4, -0.2) is 26.7 Å². The average Bonchev–Trinajstić information content (AvgIpc) is 2.81. The number of carbonyl (C=O) groups is 1. The highest BCUT2D eigenvalue weighted by molar-refractivity contribution is 5.87. The van der Waals surface area contributed by atoms with Crippen molar-refractivity contribution in [3.8, 4) is 17.2 Å². The highest BCUT2D eigenvalue weighted by Gasteiger charge is 2.18. The highest BCUT2D eigenvalue weighted by atomic mass is 16.5. The molecule has 7 heteroatoms. The van der Waals surface area contributed by atoms with Gasteiger partial charge in [-0.2, -0.15) is 0 Å². The number of hydrogen-bond donors (Lipinski definition) is 1. The lowest BCUT2D eigenvalue weighted by Crippen LogP contribution is -2.27. The van der Waals surface area contributed by atoms with Gasteiger partial charge in [-0.15, -0.1) is 0 Å². The van der Waals surface area contributed by atoms with Crippen LogP contribution in [0, 0.1) is 13.8 Å². The Morgan fingerprint density at radius 3 is 2.47 bits per heavy atom. The summed E-state index contributed by atoms with van der Waals surface area (Å²) in [5.41, 5.74) is 3.73. The van der Waals surface area contributed by atoms with Crippen LogP contribution in [0.2, 0.25) is 0 Å². The minimum absolute atomic E-state index is 0.0829. The lowest BCUT2D eigenvalue weighted by molar-refractivity contribution is -0.120. The van der Waals surface area contributed by atoms with E-state index >= 15 is 0 Å². The number of allylic oxidation sites excluding steroid dienone is 1. The molecule has 1 heterocycles. The molecular weight excluding hydrogens is 434 g/mol. The molecule has 2 aromatic carbocycles. The Morgan fingerprint density at radius 2 is 1.79 bits per heavy atom. The Balaban J connectivity index is 1.79. The molecule has 0 saturated heterocycles. The van der Waals surface area contributed by atoms with Crippen molar-refractivity contribution in [3.63, 3.8) is 0 Å². The van der Waals surface area contributed by atoms with Gasteiger partial charge in [0.25, 0.3) is 0 Å². The van der Waals surface area contributed by atoms with Crippen LogP contribution in [0.25, 0.3) is 11.0 Å². The van der Waals surface area contributed by atoms with Crippen molar-refractivity contribution >= 4 is 16.9 Å². The van der Waals surface area contributed by atoms with Gasteiger partial charge in [0.15, 0.2) is 0 Å². The fourth-order valence-corrected chi connectivity index (χ4v) is 3.64. The molecule has 0 fully saturated rings. The third-order valence-electron chi connectivity index (χ3n) is 5.69. The van der Waals surface area contributed by atoms with Gasteiger partial charge in [0.2, 0.25) is 5.91 Å². The van der Waals surface area contributed by atoms with Crippen LogP contribution in [-0.2, 0) is 17.8 Å². The topological polar surface area (TPSA) is 87.0 Å². The zero-order valence-corrected chi connectivity index (χ0v) is 20.5. The van der Waals surface area contributed by atoms with E-state index in [4.69, 9.17) is 18.6 Å². The van der Waals surface area contributed by atoms with Gasteiger partial charge in [0, 0.05) is 29.1 Å². The molecule has 0 bridgehead atoms. The molecule has 1 N–H and O–H groups in total. The van der Waals surface area contributed by atoms with Gasteiger partial charge < -0.3 is 23.9 Å². The normalized spacial score (nSPS) is 10.6. The second-order valence-corrected chi connectivity index (χ2v) is 8.28. The predicted molar refractivity (Wildman–Crippen MR) is 132 cm³/mol. The van der Waals surface area contributed by atoms with Crippen LogP contribution in [0.5, 0.6) is 17.2 Å². The molecule has 0 radical (unpaired) electrons. The summed E-state index contributed by atoms with van der Waals surface area (Å²) >= 11 is 0. The molecule has 0 atom stereocenters. The number of ether oxygens (including phenoxy) is 3. The number of aryl methyl sites for hydroxylation is 2. The average molecular weight is 466 g/mol. The number of nitrogens with one attached hydrogen (secondary N) is 1. The van der Waals surface area contributed by atoms with Crippen LogP contribution < -0.4 is 25.2 Å². The molecule has 180 valence electrons. The van der Waals surface area contributed by atoms with Crippen molar-refractivity contribution in [1.82, 2.24) is 5.32 Å². The Kier molecular flexibility index (Phi) is 7.99. The van der Waals surface area contributed by atoms with Crippen LogP contribution in [0.3, 0.4) is 0 Å². The molecule has 34 heavy (non-hydrogen) atoms. The van der Waals surface area contributed by atoms with Crippen molar-refractivity contribution in [2.45, 2.75) is 40.7 Å². The minimum Gasteiger partial charge on any atom is -0.497 e. The third kappa shape index (κ3) is 5.60. The fourth-order valence-electron chi connectivity index (χ4n) is 3.64. The fraction of sp³-hybridized carbons (Fsp3) is 0.333. The molecule has 1 aromatic heterocycles. The maximum atomic E-state index is 12.8. The van der Waals surface area contributed by atoms with E-state index in [-0.39, 0.29) is 18.9 Å². The minimum atomic E-state index is -0.522. The van der Waals surface area contributed by atoms with Crippen molar-refractivity contribution < 1.29 is 23.4 Å². The summed E-state index contributed by atoms with van der Waals surface area (Å²) in [6.45, 7) is 8.40. The lowest BCUT2D eigenvalue weighted by atomic mass is 10.0. The SMILES string of the molecule is COc1ccc(CNC(=O)Cc2c(C)c3ccc(OCC=C(C)C)c(C)c3oc2=O)c(OC)c1. The Hall–Kier alpha value is -3.74. The van der Waals surface area contributed by atoms with Gasteiger partial charge in [-0.25, -0.2) is 4.79 Å². The van der Waals surface area contributed by atoms with Crippen LogP contribution in [0.1, 0.15) is 36.1 Å². The molecule has 3 rings (SSSR count). The third-order valence-corrected chi connectivity index (χ3v) is 5.69. The maximum absolute atomic E-state index is 12.8. The second kappa shape index (κ2) is 10.9. The summed E-state index contributed by atoms with van der Waals surface area (Å²) in [5, 5.41) is 3.63. The number of carbonyl (C=O) groups excluding carboxylic acids is 1. The Bertz CT molecular complexity index is 1280. The molecule has 7 nitrogen and oxygen atoms in total. The van der Waals surface area contributed by atoms with E-state index in [9.17, 15) is 9.59 Å². The van der Waals surface area contributed by atoms with Gasteiger partial charge in [-0.3, -0.25) is 4.79 Å². The molecule has 0 aliphatic rings. The quantitative estimate of drug-likeness (QED) is 0.366. The first-order valence-electron chi connectivity index (χ1n) is 11.0. The maximum Gasteiger partial charge on any atom is 0.340 e. The number of methoxy groups -OCH3 is 2. The van der Waals surface area contributed by atoms with E-state index in [1.54, 1.807) is 26.4 Å². The van der Waals surface area contributed by atoms with E-state index in [2.05, 4.69) is 5.32 Å². The van der Waals surface area contributed by atoms with Crippen LogP contribution in [0.4, 0.5) is 0 Å². The van der Waals surface area contributed by atoms with Crippen molar-refractivity contribution in [1.29, 1.82) is 0 Å². The lowest BCUT2D eigenvalue weighted by Gasteiger charge is -2.13. The van der Waals surface area contributed by atoms with E-state index in [0.29, 0.717) is 35.0 Å². The highest BCUT2D eigenvalue weighted by Crippen LogP contribution is 2.30. The summed E-state index contributed by atoms with van der Waals surface area (Å²) in [6, 6.07) is 9.11. The van der Waals surface area contributed by atoms with Gasteiger partial charge >= 0.3 is 5.63 Å². The van der Waals surface area contributed by atoms with Crippen LogP contribution in [0.15, 0.2) is 51.2 Å². The molecule has 0 aliphatic carbocycles. The predicted octanol–water partition coefficient (Wildman–Crippen LogP) is 4.63. The molecule has 0 aliphatic heterocycles. The van der Waals surface area contributed by atoms with E-state index < -0.39 is 5.63 Å². The van der Waals surface area contributed by atoms with Crippen molar-refractivity contribution in [2.75, 3.05) is 20.8 Å². The largest absolute Gasteiger partial charge is 0.497 e. The number of benzene rings is 2. The number of rotatable bonds is 9. The first kappa shape index (κ1) is 24.9. The first-order valence-corrected chi connectivity index (χ1v) is 11.0. The van der Waals surface area contributed by atoms with E-state index in [1.165, 1.54) is 0 Å². The van der Waals surface area contributed by atoms with E-state index in [1.807, 2.05) is 52.0 Å². The zero-order valence-electron chi connectivity index (χ0n) is 20.5. The molecule has 0 spiro atoms. The van der Waals surface area contributed by atoms with E-state index in [0.717, 1.165) is 27.6 Å². The van der Waals surface area contributed by atoms with Crippen molar-refractivity contribution in [2.24, 2.45) is 0 Å². The van der Waals surface area contributed by atoms with Gasteiger partial charge in [0.05, 0.1) is 26.2 Å². The zero-order chi connectivity index (χ0) is 24.8. The summed E-state index contributed by atoms with van der Waals surface area (Å²) in [7, 11) is 3.14. The first-order chi connectivity index (χ1) is 16.2. The summed E-state index contributed by atoms with van der Waals surface area (Å²) in [6.07, 6.45) is 1.90. The van der Waals surface area contributed by atoms with Gasteiger partial charge in [-0.05, 0) is 63.6 Å². The number of fused-ring (bicyclic) bond motifs is 1. The smallest absolute Gasteiger partial charge is 0.340 e. The molecular formula is C27H31NO6. The molecule has 1 amide bonds. The number of hydrogen-bond acceptors (Lipinski definition) is 6. The molecule has 3 aromatic rings. The van der Waals surface area contributed by atoms with Crippen molar-refractivity contribution in [3.05, 3.63) is 74.7 Å². The Labute approximate surface area is 199 Å². The monoisotopic (exact) mass is 465 g/mol. The molecule has 0 saturated carbocycles. The Morgan fingerprint density at radius 1 is 1.03 bits per heavy atom. The number of amides is 1. The second-order valence-electron chi connectivity index (χ2n) is 8.28. The summed E-state index contributed by atoms with van der Waals surface area (Å²) < 4.78 is 22.0. The van der Waals surface area contributed by atoms with Gasteiger partial charge in [-0.1, -0.05) is 5.57 Å². The standard InChI is InChI=1S/C27H31NO6/c1-16(2)11-12-33-23-10-9-21-17(3)22(27(30)34-26(21)18(23)4)14-25(29)28-15-19-7-8-20(31-5)13-24(19)32-6/h7-11,13H,12,14-15H2,1-6H3,(H,28,29). The molecule has 0 unspecified atom stereocenters.